The van der Waals surface area contributed by atoms with Gasteiger partial charge in [0, 0.05) is 25.1 Å². The minimum Gasteiger partial charge on any atom is -0.313 e. The van der Waals surface area contributed by atoms with Crippen LogP contribution in [0.25, 0.3) is 10.6 Å². The fraction of sp³-hybridized carbons (Fsp3) is 0.500. The lowest BCUT2D eigenvalue weighted by molar-refractivity contribution is 0.476. The summed E-state index contributed by atoms with van der Waals surface area (Å²) in [6.07, 6.45) is 5.95. The highest BCUT2D eigenvalue weighted by atomic mass is 32.2. The van der Waals surface area contributed by atoms with E-state index < -0.39 is 0 Å². The summed E-state index contributed by atoms with van der Waals surface area (Å²) in [6.45, 7) is 7.19. The van der Waals surface area contributed by atoms with Gasteiger partial charge in [0.2, 0.25) is 0 Å². The molecule has 0 bridgehead atoms. The zero-order chi connectivity index (χ0) is 18.4. The lowest BCUT2D eigenvalue weighted by atomic mass is 10.2. The van der Waals surface area contributed by atoms with E-state index in [2.05, 4.69) is 67.9 Å². The molecule has 3 rings (SSSR count). The first kappa shape index (κ1) is 19.1. The van der Waals surface area contributed by atoms with E-state index in [0.717, 1.165) is 49.2 Å². The van der Waals surface area contributed by atoms with Crippen molar-refractivity contribution in [2.75, 3.05) is 12.8 Å². The molecule has 0 aliphatic carbocycles. The summed E-state index contributed by atoms with van der Waals surface area (Å²) in [6, 6.07) is 4.18. The predicted octanol–water partition coefficient (Wildman–Crippen LogP) is 3.83. The van der Waals surface area contributed by atoms with Crippen LogP contribution in [0, 0.1) is 5.92 Å². The van der Waals surface area contributed by atoms with Crippen molar-refractivity contribution in [1.29, 1.82) is 0 Å². The first-order valence-corrected chi connectivity index (χ1v) is 11.0. The van der Waals surface area contributed by atoms with Crippen LogP contribution in [0.2, 0.25) is 0 Å². The molecule has 0 radical (unpaired) electrons. The molecule has 2 N–H and O–H groups in total. The molecular formula is C18H26N6S2. The Morgan fingerprint density at radius 1 is 1.35 bits per heavy atom. The molecule has 0 saturated carbocycles. The maximum absolute atomic E-state index is 4.39. The van der Waals surface area contributed by atoms with Crippen LogP contribution in [-0.2, 0) is 19.5 Å². The third kappa shape index (κ3) is 4.75. The average Bonchev–Trinajstić information content (AvgIpc) is 3.34. The molecule has 0 aliphatic heterocycles. The fourth-order valence-corrected chi connectivity index (χ4v) is 4.16. The van der Waals surface area contributed by atoms with Crippen molar-refractivity contribution in [2.45, 2.75) is 44.9 Å². The van der Waals surface area contributed by atoms with Crippen LogP contribution in [0.3, 0.4) is 0 Å². The zero-order valence-corrected chi connectivity index (χ0v) is 17.2. The van der Waals surface area contributed by atoms with Crippen LogP contribution in [-0.4, -0.2) is 37.8 Å². The Morgan fingerprint density at radius 3 is 2.96 bits per heavy atom. The number of nitrogens with zero attached hydrogens (tertiary/aromatic N) is 4. The minimum atomic E-state index is 0.588. The van der Waals surface area contributed by atoms with Gasteiger partial charge in [0.1, 0.15) is 5.82 Å². The van der Waals surface area contributed by atoms with Gasteiger partial charge >= 0.3 is 0 Å². The average molecular weight is 391 g/mol. The van der Waals surface area contributed by atoms with E-state index in [1.165, 1.54) is 10.4 Å². The van der Waals surface area contributed by atoms with E-state index in [9.17, 15) is 0 Å². The highest BCUT2D eigenvalue weighted by Gasteiger charge is 2.12. The van der Waals surface area contributed by atoms with Crippen LogP contribution < -0.4 is 5.32 Å². The van der Waals surface area contributed by atoms with Crippen LogP contribution in [0.1, 0.15) is 31.7 Å². The van der Waals surface area contributed by atoms with Crippen molar-refractivity contribution in [3.8, 4) is 10.6 Å². The minimum absolute atomic E-state index is 0.588. The van der Waals surface area contributed by atoms with Crippen molar-refractivity contribution in [2.24, 2.45) is 5.92 Å². The smallest absolute Gasteiger partial charge is 0.190 e. The van der Waals surface area contributed by atoms with E-state index in [-0.39, 0.29) is 0 Å². The first-order chi connectivity index (χ1) is 12.7. The van der Waals surface area contributed by atoms with Gasteiger partial charge in [-0.1, -0.05) is 31.7 Å². The SMILES string of the molecule is CSc1nnc(CCCNCc2cn[nH]c2-c2cccs2)n1CC(C)C. The number of nitrogens with one attached hydrogen (secondary N) is 2. The van der Waals surface area contributed by atoms with Gasteiger partial charge in [0.25, 0.3) is 0 Å². The highest BCUT2D eigenvalue weighted by Crippen LogP contribution is 2.25. The quantitative estimate of drug-likeness (QED) is 0.407. The monoisotopic (exact) mass is 390 g/mol. The molecule has 0 unspecified atom stereocenters. The molecule has 8 heteroatoms. The lowest BCUT2D eigenvalue weighted by Gasteiger charge is -2.11. The Hall–Kier alpha value is -1.64. The summed E-state index contributed by atoms with van der Waals surface area (Å²) >= 11 is 3.39. The van der Waals surface area contributed by atoms with E-state index in [4.69, 9.17) is 0 Å². The highest BCUT2D eigenvalue weighted by molar-refractivity contribution is 7.98. The van der Waals surface area contributed by atoms with Crippen LogP contribution in [0.5, 0.6) is 0 Å². The Labute approximate surface area is 162 Å². The molecule has 3 aromatic heterocycles. The molecule has 0 amide bonds. The number of aromatic nitrogens is 5. The Balaban J connectivity index is 1.48. The number of rotatable bonds is 10. The summed E-state index contributed by atoms with van der Waals surface area (Å²) in [7, 11) is 0. The van der Waals surface area contributed by atoms with Gasteiger partial charge in [-0.3, -0.25) is 5.10 Å². The van der Waals surface area contributed by atoms with Crippen molar-refractivity contribution < 1.29 is 0 Å². The van der Waals surface area contributed by atoms with E-state index >= 15 is 0 Å². The predicted molar refractivity (Wildman–Crippen MR) is 109 cm³/mol. The lowest BCUT2D eigenvalue weighted by Crippen LogP contribution is -2.17. The van der Waals surface area contributed by atoms with E-state index in [1.54, 1.807) is 23.1 Å². The summed E-state index contributed by atoms with van der Waals surface area (Å²) < 4.78 is 2.26. The van der Waals surface area contributed by atoms with Gasteiger partial charge in [-0.15, -0.1) is 21.5 Å². The normalized spacial score (nSPS) is 11.5. The zero-order valence-electron chi connectivity index (χ0n) is 15.5. The second-order valence-electron chi connectivity index (χ2n) is 6.64. The third-order valence-electron chi connectivity index (χ3n) is 4.08. The van der Waals surface area contributed by atoms with E-state index in [0.29, 0.717) is 5.92 Å². The molecule has 26 heavy (non-hydrogen) atoms. The fourth-order valence-electron chi connectivity index (χ4n) is 2.88. The Morgan fingerprint density at radius 2 is 2.23 bits per heavy atom. The van der Waals surface area contributed by atoms with Gasteiger partial charge in [-0.25, -0.2) is 0 Å². The van der Waals surface area contributed by atoms with Crippen molar-refractivity contribution in [1.82, 2.24) is 30.3 Å². The maximum Gasteiger partial charge on any atom is 0.190 e. The summed E-state index contributed by atoms with van der Waals surface area (Å²) in [5.74, 6) is 1.68. The molecule has 0 fully saturated rings. The second kappa shape index (κ2) is 9.34. The van der Waals surface area contributed by atoms with Crippen LogP contribution in [0.15, 0.2) is 28.9 Å². The number of thiophene rings is 1. The summed E-state index contributed by atoms with van der Waals surface area (Å²) in [5.41, 5.74) is 2.33. The van der Waals surface area contributed by atoms with Crippen molar-refractivity contribution in [3.63, 3.8) is 0 Å². The van der Waals surface area contributed by atoms with Crippen LogP contribution in [0.4, 0.5) is 0 Å². The molecule has 0 saturated heterocycles. The molecular weight excluding hydrogens is 364 g/mol. The van der Waals surface area contributed by atoms with Crippen LogP contribution >= 0.6 is 23.1 Å². The number of hydrogen-bond acceptors (Lipinski definition) is 6. The number of thioether (sulfide) groups is 1. The molecule has 6 nitrogen and oxygen atoms in total. The van der Waals surface area contributed by atoms with Crippen molar-refractivity contribution >= 4 is 23.1 Å². The van der Waals surface area contributed by atoms with Gasteiger partial charge in [0.05, 0.1) is 16.8 Å². The molecule has 0 aromatic carbocycles. The Bertz CT molecular complexity index is 791. The van der Waals surface area contributed by atoms with Gasteiger partial charge in [0.15, 0.2) is 5.16 Å². The molecule has 0 aliphatic rings. The molecule has 3 heterocycles. The largest absolute Gasteiger partial charge is 0.313 e. The van der Waals surface area contributed by atoms with Gasteiger partial charge in [-0.05, 0) is 36.6 Å². The topological polar surface area (TPSA) is 71.4 Å². The number of H-pyrrole nitrogens is 1. The molecule has 0 atom stereocenters. The summed E-state index contributed by atoms with van der Waals surface area (Å²) in [5, 5.41) is 22.6. The number of aromatic amines is 1. The van der Waals surface area contributed by atoms with Gasteiger partial charge in [-0.2, -0.15) is 5.10 Å². The Kier molecular flexibility index (Phi) is 6.87. The standard InChI is InChI=1S/C18H26N6S2/c1-13(2)12-24-16(21-23-18(24)25-3)7-4-8-19-10-14-11-20-22-17(14)15-6-5-9-26-15/h5-6,9,11,13,19H,4,7-8,10,12H2,1-3H3,(H,20,22). The number of hydrogen-bond donors (Lipinski definition) is 2. The third-order valence-corrected chi connectivity index (χ3v) is 5.63. The summed E-state index contributed by atoms with van der Waals surface area (Å²) in [4.78, 5) is 1.23. The van der Waals surface area contributed by atoms with E-state index in [1.807, 2.05) is 6.20 Å². The number of aryl methyl sites for hydroxylation is 1. The second-order valence-corrected chi connectivity index (χ2v) is 8.36. The van der Waals surface area contributed by atoms with Crippen molar-refractivity contribution in [3.05, 3.63) is 35.1 Å². The molecule has 140 valence electrons. The molecule has 3 aromatic rings. The van der Waals surface area contributed by atoms with Gasteiger partial charge < -0.3 is 9.88 Å². The maximum atomic E-state index is 4.39. The first-order valence-electron chi connectivity index (χ1n) is 8.92. The molecule has 0 spiro atoms.